The molecule has 0 aromatic carbocycles. The van der Waals surface area contributed by atoms with Crippen molar-refractivity contribution < 1.29 is 0 Å². The minimum atomic E-state index is 0.603. The highest BCUT2D eigenvalue weighted by molar-refractivity contribution is 5.79. The van der Waals surface area contributed by atoms with Gasteiger partial charge in [-0.2, -0.15) is 5.10 Å². The number of pyridine rings is 1. The van der Waals surface area contributed by atoms with Crippen molar-refractivity contribution in [2.75, 3.05) is 6.54 Å². The van der Waals surface area contributed by atoms with Gasteiger partial charge >= 0.3 is 0 Å². The third kappa shape index (κ3) is 4.38. The highest BCUT2D eigenvalue weighted by Crippen LogP contribution is 1.98. The zero-order valence-corrected chi connectivity index (χ0v) is 11.9. The summed E-state index contributed by atoms with van der Waals surface area (Å²) in [4.78, 5) is 8.80. The van der Waals surface area contributed by atoms with E-state index in [1.807, 2.05) is 44.6 Å². The Kier molecular flexibility index (Phi) is 5.11. The monoisotopic (exact) mass is 272 g/mol. The Morgan fingerprint density at radius 2 is 2.25 bits per heavy atom. The van der Waals surface area contributed by atoms with Crippen LogP contribution in [0.5, 0.6) is 0 Å². The molecule has 0 unspecified atom stereocenters. The van der Waals surface area contributed by atoms with Crippen LogP contribution in [0.2, 0.25) is 0 Å². The third-order valence-electron chi connectivity index (χ3n) is 2.69. The first kappa shape index (κ1) is 14.0. The molecule has 2 aromatic heterocycles. The van der Waals surface area contributed by atoms with Crippen LogP contribution in [0, 0.1) is 0 Å². The summed E-state index contributed by atoms with van der Waals surface area (Å²) < 4.78 is 1.78. The average Bonchev–Trinajstić information content (AvgIpc) is 2.89. The summed E-state index contributed by atoms with van der Waals surface area (Å²) in [5.41, 5.74) is 2.07. The molecule has 2 heterocycles. The van der Waals surface area contributed by atoms with Gasteiger partial charge in [-0.25, -0.2) is 4.99 Å². The molecule has 6 nitrogen and oxygen atoms in total. The summed E-state index contributed by atoms with van der Waals surface area (Å²) in [5.74, 6) is 0.780. The Hall–Kier alpha value is -2.37. The molecule has 0 radical (unpaired) electrons. The average molecular weight is 272 g/mol. The number of aliphatic imine (C=N–C) groups is 1. The maximum absolute atomic E-state index is 4.53. The zero-order chi connectivity index (χ0) is 14.2. The summed E-state index contributed by atoms with van der Waals surface area (Å²) in [6.45, 7) is 4.12. The number of hydrogen-bond donors (Lipinski definition) is 2. The molecular weight excluding hydrogens is 252 g/mol. The van der Waals surface area contributed by atoms with Crippen molar-refractivity contribution >= 4 is 5.96 Å². The lowest BCUT2D eigenvalue weighted by atomic mass is 10.3. The van der Waals surface area contributed by atoms with Gasteiger partial charge in [0.1, 0.15) is 0 Å². The molecule has 0 fully saturated rings. The van der Waals surface area contributed by atoms with Gasteiger partial charge in [-0.15, -0.1) is 0 Å². The molecule has 0 aliphatic heterocycles. The van der Waals surface area contributed by atoms with E-state index in [0.717, 1.165) is 23.8 Å². The SMILES string of the molecule is CCNC(=NCc1cnn(C)c1)NCc1ccccn1. The Labute approximate surface area is 119 Å². The topological polar surface area (TPSA) is 67.1 Å². The van der Waals surface area contributed by atoms with Crippen molar-refractivity contribution in [2.45, 2.75) is 20.0 Å². The molecule has 0 spiro atoms. The molecule has 2 aromatic rings. The first-order valence-corrected chi connectivity index (χ1v) is 6.67. The molecule has 106 valence electrons. The van der Waals surface area contributed by atoms with Gasteiger partial charge in [0.25, 0.3) is 0 Å². The van der Waals surface area contributed by atoms with E-state index < -0.39 is 0 Å². The fourth-order valence-electron chi connectivity index (χ4n) is 1.74. The summed E-state index contributed by atoms with van der Waals surface area (Å²) in [5, 5.41) is 10.6. The van der Waals surface area contributed by atoms with Gasteiger partial charge in [-0.3, -0.25) is 9.67 Å². The number of aryl methyl sites for hydroxylation is 1. The van der Waals surface area contributed by atoms with Gasteiger partial charge in [-0.1, -0.05) is 6.07 Å². The Morgan fingerprint density at radius 1 is 1.35 bits per heavy atom. The Balaban J connectivity index is 1.92. The van der Waals surface area contributed by atoms with Crippen molar-refractivity contribution in [3.05, 3.63) is 48.0 Å². The number of hydrogen-bond acceptors (Lipinski definition) is 3. The number of aromatic nitrogens is 3. The fourth-order valence-corrected chi connectivity index (χ4v) is 1.74. The predicted molar refractivity (Wildman–Crippen MR) is 79.1 cm³/mol. The second kappa shape index (κ2) is 7.28. The van der Waals surface area contributed by atoms with Crippen molar-refractivity contribution in [1.29, 1.82) is 0 Å². The molecule has 0 amide bonds. The summed E-state index contributed by atoms with van der Waals surface area (Å²) in [7, 11) is 1.90. The van der Waals surface area contributed by atoms with Crippen LogP contribution in [0.3, 0.4) is 0 Å². The molecule has 0 bridgehead atoms. The van der Waals surface area contributed by atoms with Crippen LogP contribution in [0.1, 0.15) is 18.2 Å². The van der Waals surface area contributed by atoms with Gasteiger partial charge in [0.2, 0.25) is 0 Å². The minimum absolute atomic E-state index is 0.603. The van der Waals surface area contributed by atoms with Crippen LogP contribution in [-0.2, 0) is 20.1 Å². The Morgan fingerprint density at radius 3 is 2.90 bits per heavy atom. The van der Waals surface area contributed by atoms with E-state index in [-0.39, 0.29) is 0 Å². The van der Waals surface area contributed by atoms with Crippen LogP contribution in [0.25, 0.3) is 0 Å². The lowest BCUT2D eigenvalue weighted by molar-refractivity contribution is 0.766. The number of rotatable bonds is 5. The molecule has 0 aliphatic carbocycles. The van der Waals surface area contributed by atoms with E-state index in [1.165, 1.54) is 0 Å². The van der Waals surface area contributed by atoms with Crippen molar-refractivity contribution in [2.24, 2.45) is 12.0 Å². The van der Waals surface area contributed by atoms with Crippen LogP contribution in [0.4, 0.5) is 0 Å². The first-order chi connectivity index (χ1) is 9.78. The molecule has 20 heavy (non-hydrogen) atoms. The van der Waals surface area contributed by atoms with E-state index in [4.69, 9.17) is 0 Å². The molecule has 2 N–H and O–H groups in total. The largest absolute Gasteiger partial charge is 0.357 e. The highest BCUT2D eigenvalue weighted by Gasteiger charge is 2.00. The van der Waals surface area contributed by atoms with Crippen LogP contribution >= 0.6 is 0 Å². The summed E-state index contributed by atoms with van der Waals surface area (Å²) in [6, 6.07) is 5.87. The van der Waals surface area contributed by atoms with E-state index >= 15 is 0 Å². The lowest BCUT2D eigenvalue weighted by Gasteiger charge is -2.10. The summed E-state index contributed by atoms with van der Waals surface area (Å²) in [6.07, 6.45) is 5.58. The fraction of sp³-hybridized carbons (Fsp3) is 0.357. The maximum atomic E-state index is 4.53. The van der Waals surface area contributed by atoms with Crippen LogP contribution < -0.4 is 10.6 Å². The minimum Gasteiger partial charge on any atom is -0.357 e. The van der Waals surface area contributed by atoms with Crippen molar-refractivity contribution in [3.8, 4) is 0 Å². The molecular formula is C14H20N6. The third-order valence-corrected chi connectivity index (χ3v) is 2.69. The van der Waals surface area contributed by atoms with E-state index in [0.29, 0.717) is 13.1 Å². The predicted octanol–water partition coefficient (Wildman–Crippen LogP) is 1.07. The molecule has 0 atom stereocenters. The van der Waals surface area contributed by atoms with Crippen molar-refractivity contribution in [1.82, 2.24) is 25.4 Å². The molecule has 0 aliphatic rings. The zero-order valence-electron chi connectivity index (χ0n) is 11.9. The summed E-state index contributed by atoms with van der Waals surface area (Å²) >= 11 is 0. The van der Waals surface area contributed by atoms with Gasteiger partial charge < -0.3 is 10.6 Å². The first-order valence-electron chi connectivity index (χ1n) is 6.67. The molecule has 0 saturated carbocycles. The number of nitrogens with one attached hydrogen (secondary N) is 2. The van der Waals surface area contributed by atoms with Gasteiger partial charge in [-0.05, 0) is 19.1 Å². The smallest absolute Gasteiger partial charge is 0.191 e. The van der Waals surface area contributed by atoms with Crippen LogP contribution in [-0.4, -0.2) is 27.3 Å². The maximum Gasteiger partial charge on any atom is 0.191 e. The standard InChI is InChI=1S/C14H20N6/c1-3-15-14(17-8-12-9-19-20(2)11-12)18-10-13-6-4-5-7-16-13/h4-7,9,11H,3,8,10H2,1-2H3,(H2,15,17,18). The second-order valence-corrected chi connectivity index (χ2v) is 4.39. The number of nitrogens with zero attached hydrogens (tertiary/aromatic N) is 4. The normalized spacial score (nSPS) is 11.4. The van der Waals surface area contributed by atoms with E-state index in [9.17, 15) is 0 Å². The van der Waals surface area contributed by atoms with Gasteiger partial charge in [0.15, 0.2) is 5.96 Å². The second-order valence-electron chi connectivity index (χ2n) is 4.39. The highest BCUT2D eigenvalue weighted by atomic mass is 15.2. The van der Waals surface area contributed by atoms with E-state index in [2.05, 4.69) is 25.7 Å². The molecule has 2 rings (SSSR count). The van der Waals surface area contributed by atoms with Gasteiger partial charge in [0.05, 0.1) is 25.0 Å². The number of guanidine groups is 1. The Bertz CT molecular complexity index is 546. The van der Waals surface area contributed by atoms with Gasteiger partial charge in [0, 0.05) is 31.5 Å². The molecule has 0 saturated heterocycles. The van der Waals surface area contributed by atoms with E-state index in [1.54, 1.807) is 10.9 Å². The van der Waals surface area contributed by atoms with Crippen molar-refractivity contribution in [3.63, 3.8) is 0 Å². The quantitative estimate of drug-likeness (QED) is 0.631. The lowest BCUT2D eigenvalue weighted by Crippen LogP contribution is -2.36. The van der Waals surface area contributed by atoms with Crippen LogP contribution in [0.15, 0.2) is 41.8 Å². The molecule has 6 heteroatoms.